The third-order valence-corrected chi connectivity index (χ3v) is 3.49. The molecule has 4 nitrogen and oxygen atoms in total. The van der Waals surface area contributed by atoms with Crippen molar-refractivity contribution in [2.24, 2.45) is 0 Å². The first kappa shape index (κ1) is 9.30. The van der Waals surface area contributed by atoms with Crippen LogP contribution in [0.15, 0.2) is 16.7 Å². The molecule has 1 N–H and O–H groups in total. The molecule has 2 heterocycles. The molecule has 0 aromatic carbocycles. The second kappa shape index (κ2) is 3.28. The highest BCUT2D eigenvalue weighted by molar-refractivity contribution is 9.10. The van der Waals surface area contributed by atoms with Gasteiger partial charge in [-0.2, -0.15) is 0 Å². The first-order valence-electron chi connectivity index (χ1n) is 4.94. The minimum absolute atomic E-state index is 0.0201. The number of rotatable bonds is 2. The molecule has 0 saturated heterocycles. The Hall–Kier alpha value is -0.940. The van der Waals surface area contributed by atoms with Gasteiger partial charge in [0.05, 0.1) is 6.61 Å². The van der Waals surface area contributed by atoms with E-state index in [2.05, 4.69) is 26.1 Å². The normalized spacial score (nSPS) is 16.1. The van der Waals surface area contributed by atoms with Crippen LogP contribution in [0.4, 0.5) is 0 Å². The van der Waals surface area contributed by atoms with E-state index in [9.17, 15) is 5.11 Å². The number of hydrogen-bond donors (Lipinski definition) is 1. The molecule has 0 amide bonds. The highest BCUT2D eigenvalue weighted by Gasteiger charge is 2.29. The topological polar surface area (TPSA) is 50.4 Å². The number of pyridine rings is 1. The Labute approximate surface area is 95.1 Å². The standard InChI is InChI=1S/C10H10BrN3O/c11-8-3-4-14-9(6-1-2-6)12-13-10(14)7(8)5-15/h3-4,6,15H,1-2,5H2. The zero-order valence-corrected chi connectivity index (χ0v) is 9.61. The lowest BCUT2D eigenvalue weighted by Crippen LogP contribution is -1.96. The average molecular weight is 268 g/mol. The summed E-state index contributed by atoms with van der Waals surface area (Å²) < 4.78 is 2.86. The van der Waals surface area contributed by atoms with Crippen molar-refractivity contribution in [3.63, 3.8) is 0 Å². The van der Waals surface area contributed by atoms with E-state index in [1.807, 2.05) is 16.7 Å². The summed E-state index contributed by atoms with van der Waals surface area (Å²) in [6, 6.07) is 1.92. The van der Waals surface area contributed by atoms with Crippen LogP contribution in [0.2, 0.25) is 0 Å². The summed E-state index contributed by atoms with van der Waals surface area (Å²) in [6.45, 7) is -0.0201. The maximum absolute atomic E-state index is 9.27. The number of hydrogen-bond acceptors (Lipinski definition) is 3. The lowest BCUT2D eigenvalue weighted by molar-refractivity contribution is 0.282. The molecule has 3 rings (SSSR count). The molecule has 78 valence electrons. The largest absolute Gasteiger partial charge is 0.391 e. The molecule has 2 aromatic heterocycles. The van der Waals surface area contributed by atoms with Gasteiger partial charge < -0.3 is 5.11 Å². The molecule has 1 fully saturated rings. The van der Waals surface area contributed by atoms with Crippen molar-refractivity contribution in [1.82, 2.24) is 14.6 Å². The third kappa shape index (κ3) is 1.38. The maximum atomic E-state index is 9.27. The van der Waals surface area contributed by atoms with Crippen molar-refractivity contribution in [2.45, 2.75) is 25.4 Å². The van der Waals surface area contributed by atoms with E-state index in [1.54, 1.807) is 0 Å². The highest BCUT2D eigenvalue weighted by atomic mass is 79.9. The van der Waals surface area contributed by atoms with Crippen LogP contribution < -0.4 is 0 Å². The summed E-state index contributed by atoms with van der Waals surface area (Å²) in [5.74, 6) is 1.58. The predicted molar refractivity (Wildman–Crippen MR) is 58.6 cm³/mol. The second-order valence-electron chi connectivity index (χ2n) is 3.83. The van der Waals surface area contributed by atoms with Gasteiger partial charge in [-0.25, -0.2) is 0 Å². The molecule has 0 unspecified atom stereocenters. The van der Waals surface area contributed by atoms with Crippen LogP contribution in [0.3, 0.4) is 0 Å². The molecular weight excluding hydrogens is 258 g/mol. The Morgan fingerprint density at radius 3 is 2.93 bits per heavy atom. The molecule has 0 spiro atoms. The summed E-state index contributed by atoms with van der Waals surface area (Å²) in [7, 11) is 0. The average Bonchev–Trinajstić information content (AvgIpc) is 2.99. The first-order valence-corrected chi connectivity index (χ1v) is 5.73. The summed E-state index contributed by atoms with van der Waals surface area (Å²) in [5.41, 5.74) is 1.56. The summed E-state index contributed by atoms with van der Waals surface area (Å²) in [4.78, 5) is 0. The Balaban J connectivity index is 2.27. The number of aliphatic hydroxyl groups excluding tert-OH is 1. The maximum Gasteiger partial charge on any atom is 0.167 e. The summed E-state index contributed by atoms with van der Waals surface area (Å²) in [6.07, 6.45) is 4.35. The lowest BCUT2D eigenvalue weighted by atomic mass is 10.3. The summed E-state index contributed by atoms with van der Waals surface area (Å²) in [5, 5.41) is 17.6. The Morgan fingerprint density at radius 1 is 1.47 bits per heavy atom. The van der Waals surface area contributed by atoms with E-state index in [4.69, 9.17) is 0 Å². The van der Waals surface area contributed by atoms with Crippen molar-refractivity contribution in [3.05, 3.63) is 28.1 Å². The molecule has 0 bridgehead atoms. The molecule has 1 aliphatic rings. The number of nitrogens with zero attached hydrogens (tertiary/aromatic N) is 3. The van der Waals surface area contributed by atoms with Crippen LogP contribution in [0, 0.1) is 0 Å². The van der Waals surface area contributed by atoms with Gasteiger partial charge in [-0.15, -0.1) is 10.2 Å². The molecule has 15 heavy (non-hydrogen) atoms. The number of fused-ring (bicyclic) bond motifs is 1. The van der Waals surface area contributed by atoms with Gasteiger partial charge in [-0.1, -0.05) is 15.9 Å². The van der Waals surface area contributed by atoms with E-state index in [-0.39, 0.29) is 6.61 Å². The van der Waals surface area contributed by atoms with E-state index >= 15 is 0 Å². The zero-order valence-electron chi connectivity index (χ0n) is 8.02. The fraction of sp³-hybridized carbons (Fsp3) is 0.400. The van der Waals surface area contributed by atoms with Gasteiger partial charge in [0.25, 0.3) is 0 Å². The van der Waals surface area contributed by atoms with Crippen LogP contribution in [0.5, 0.6) is 0 Å². The Bertz CT molecular complexity index is 519. The summed E-state index contributed by atoms with van der Waals surface area (Å²) >= 11 is 3.40. The Morgan fingerprint density at radius 2 is 2.27 bits per heavy atom. The van der Waals surface area contributed by atoms with Crippen molar-refractivity contribution >= 4 is 21.6 Å². The van der Waals surface area contributed by atoms with E-state index in [0.29, 0.717) is 5.92 Å². The molecule has 0 radical (unpaired) electrons. The van der Waals surface area contributed by atoms with Gasteiger partial charge >= 0.3 is 0 Å². The second-order valence-corrected chi connectivity index (χ2v) is 4.68. The fourth-order valence-corrected chi connectivity index (χ4v) is 2.19. The van der Waals surface area contributed by atoms with E-state index in [0.717, 1.165) is 21.5 Å². The minimum atomic E-state index is -0.0201. The molecule has 1 saturated carbocycles. The van der Waals surface area contributed by atoms with Crippen LogP contribution in [-0.4, -0.2) is 19.7 Å². The van der Waals surface area contributed by atoms with Crippen molar-refractivity contribution in [2.75, 3.05) is 0 Å². The number of aliphatic hydroxyl groups is 1. The molecule has 1 aliphatic carbocycles. The number of aromatic nitrogens is 3. The molecule has 2 aromatic rings. The van der Waals surface area contributed by atoms with Crippen LogP contribution in [-0.2, 0) is 6.61 Å². The molecule has 0 aliphatic heterocycles. The Kier molecular flexibility index (Phi) is 2.03. The number of halogens is 1. The molecular formula is C10H10BrN3O. The third-order valence-electron chi connectivity index (χ3n) is 2.75. The fourth-order valence-electron chi connectivity index (χ4n) is 1.77. The van der Waals surface area contributed by atoms with Crippen molar-refractivity contribution in [1.29, 1.82) is 0 Å². The quantitative estimate of drug-likeness (QED) is 0.904. The first-order chi connectivity index (χ1) is 7.31. The van der Waals surface area contributed by atoms with Gasteiger partial charge in [-0.05, 0) is 18.9 Å². The predicted octanol–water partition coefficient (Wildman–Crippen LogP) is 1.86. The molecule has 5 heteroatoms. The lowest BCUT2D eigenvalue weighted by Gasteiger charge is -2.03. The smallest absolute Gasteiger partial charge is 0.167 e. The van der Waals surface area contributed by atoms with Crippen LogP contribution in [0.1, 0.15) is 30.1 Å². The monoisotopic (exact) mass is 267 g/mol. The van der Waals surface area contributed by atoms with Crippen molar-refractivity contribution in [3.8, 4) is 0 Å². The zero-order chi connectivity index (χ0) is 10.4. The minimum Gasteiger partial charge on any atom is -0.391 e. The van der Waals surface area contributed by atoms with Gasteiger partial charge in [0, 0.05) is 22.2 Å². The van der Waals surface area contributed by atoms with Crippen LogP contribution >= 0.6 is 15.9 Å². The highest BCUT2D eigenvalue weighted by Crippen LogP contribution is 2.39. The van der Waals surface area contributed by atoms with Gasteiger partial charge in [-0.3, -0.25) is 4.40 Å². The molecule has 0 atom stereocenters. The van der Waals surface area contributed by atoms with Gasteiger partial charge in [0.2, 0.25) is 0 Å². The van der Waals surface area contributed by atoms with Crippen LogP contribution in [0.25, 0.3) is 5.65 Å². The van der Waals surface area contributed by atoms with E-state index < -0.39 is 0 Å². The van der Waals surface area contributed by atoms with E-state index in [1.165, 1.54) is 12.8 Å². The van der Waals surface area contributed by atoms with Gasteiger partial charge in [0.15, 0.2) is 5.65 Å². The SMILES string of the molecule is OCc1c(Br)ccn2c(C3CC3)nnc12. The van der Waals surface area contributed by atoms with Crippen molar-refractivity contribution < 1.29 is 5.11 Å². The van der Waals surface area contributed by atoms with Gasteiger partial charge in [0.1, 0.15) is 5.82 Å².